The maximum Gasteiger partial charge on any atom is 0.259 e. The van der Waals surface area contributed by atoms with E-state index in [2.05, 4.69) is 10.7 Å². The molecule has 0 aliphatic carbocycles. The summed E-state index contributed by atoms with van der Waals surface area (Å²) in [5, 5.41) is 16.9. The molecule has 4 aromatic carbocycles. The van der Waals surface area contributed by atoms with E-state index in [1.807, 2.05) is 66.7 Å². The van der Waals surface area contributed by atoms with E-state index in [4.69, 9.17) is 5.84 Å². The first kappa shape index (κ1) is 15.9. The first-order valence-corrected chi connectivity index (χ1v) is 8.19. The molecule has 5 N–H and O–H groups in total. The normalized spacial score (nSPS) is 10.8. The summed E-state index contributed by atoms with van der Waals surface area (Å²) in [6.07, 6.45) is 0. The Bertz CT molecular complexity index is 1130. The van der Waals surface area contributed by atoms with E-state index < -0.39 is 5.91 Å². The van der Waals surface area contributed by atoms with E-state index in [0.29, 0.717) is 11.4 Å². The van der Waals surface area contributed by atoms with Crippen LogP contribution in [0.2, 0.25) is 0 Å². The van der Waals surface area contributed by atoms with Gasteiger partial charge in [0.2, 0.25) is 0 Å². The number of rotatable bonds is 3. The average molecular weight is 343 g/mol. The van der Waals surface area contributed by atoms with Crippen molar-refractivity contribution < 1.29 is 9.90 Å². The van der Waals surface area contributed by atoms with Gasteiger partial charge in [-0.15, -0.1) is 0 Å². The zero-order valence-electron chi connectivity index (χ0n) is 13.9. The van der Waals surface area contributed by atoms with Crippen molar-refractivity contribution in [2.24, 2.45) is 5.84 Å². The van der Waals surface area contributed by atoms with E-state index in [9.17, 15) is 9.90 Å². The molecule has 4 rings (SSSR count). The summed E-state index contributed by atoms with van der Waals surface area (Å²) >= 11 is 0. The summed E-state index contributed by atoms with van der Waals surface area (Å²) in [5.74, 6) is 4.99. The van der Waals surface area contributed by atoms with Gasteiger partial charge in [-0.3, -0.25) is 10.6 Å². The molecule has 0 aromatic heterocycles. The highest BCUT2D eigenvalue weighted by molar-refractivity contribution is 6.14. The summed E-state index contributed by atoms with van der Waals surface area (Å²) in [6.45, 7) is 0. The van der Waals surface area contributed by atoms with Gasteiger partial charge in [0.15, 0.2) is 5.75 Å². The Morgan fingerprint density at radius 3 is 2.27 bits per heavy atom. The van der Waals surface area contributed by atoms with Gasteiger partial charge in [0.1, 0.15) is 0 Å². The van der Waals surface area contributed by atoms with Crippen LogP contribution in [0, 0.1) is 0 Å². The maximum absolute atomic E-state index is 12.9. The van der Waals surface area contributed by atoms with Gasteiger partial charge in [-0.25, -0.2) is 0 Å². The van der Waals surface area contributed by atoms with Crippen LogP contribution >= 0.6 is 0 Å². The van der Waals surface area contributed by atoms with Gasteiger partial charge >= 0.3 is 0 Å². The van der Waals surface area contributed by atoms with Gasteiger partial charge in [0.05, 0.1) is 11.3 Å². The Balaban J connectivity index is 1.80. The Hall–Kier alpha value is -3.57. The number of anilines is 2. The summed E-state index contributed by atoms with van der Waals surface area (Å²) < 4.78 is 0. The molecule has 128 valence electrons. The first-order chi connectivity index (χ1) is 12.7. The molecule has 0 saturated heterocycles. The molecule has 26 heavy (non-hydrogen) atoms. The number of phenols is 1. The van der Waals surface area contributed by atoms with Crippen molar-refractivity contribution in [3.05, 3.63) is 78.4 Å². The van der Waals surface area contributed by atoms with E-state index in [-0.39, 0.29) is 11.3 Å². The fraction of sp³-hybridized carbons (Fsp3) is 0. The number of fused-ring (bicyclic) bond motifs is 2. The third-order valence-corrected chi connectivity index (χ3v) is 4.45. The van der Waals surface area contributed by atoms with E-state index in [1.165, 1.54) is 0 Å². The number of benzene rings is 4. The minimum Gasteiger partial charge on any atom is -0.505 e. The van der Waals surface area contributed by atoms with Crippen molar-refractivity contribution >= 4 is 38.8 Å². The number of aromatic hydroxyl groups is 1. The van der Waals surface area contributed by atoms with Crippen molar-refractivity contribution in [2.45, 2.75) is 0 Å². The molecule has 0 aliphatic rings. The van der Waals surface area contributed by atoms with Crippen molar-refractivity contribution in [1.82, 2.24) is 0 Å². The topological polar surface area (TPSA) is 87.4 Å². The zero-order valence-corrected chi connectivity index (χ0v) is 13.9. The van der Waals surface area contributed by atoms with Crippen molar-refractivity contribution in [3.63, 3.8) is 0 Å². The quantitative estimate of drug-likeness (QED) is 0.255. The number of nitrogen functional groups attached to an aromatic ring is 1. The second-order valence-corrected chi connectivity index (χ2v) is 5.99. The summed E-state index contributed by atoms with van der Waals surface area (Å²) in [6, 6.07) is 22.6. The Labute approximate surface area is 150 Å². The highest BCUT2D eigenvalue weighted by Gasteiger charge is 2.18. The molecule has 4 aromatic rings. The van der Waals surface area contributed by atoms with Crippen LogP contribution in [0.1, 0.15) is 10.4 Å². The molecule has 5 heteroatoms. The lowest BCUT2D eigenvalue weighted by molar-refractivity contribution is 0.102. The molecular formula is C21H17N3O2. The van der Waals surface area contributed by atoms with Gasteiger partial charge in [0, 0.05) is 16.5 Å². The fourth-order valence-corrected chi connectivity index (χ4v) is 3.18. The van der Waals surface area contributed by atoms with Crippen LogP contribution < -0.4 is 16.6 Å². The molecule has 0 fully saturated rings. The first-order valence-electron chi connectivity index (χ1n) is 8.19. The number of hydrogen-bond donors (Lipinski definition) is 4. The predicted molar refractivity (Wildman–Crippen MR) is 105 cm³/mol. The number of hydrogen-bond acceptors (Lipinski definition) is 4. The van der Waals surface area contributed by atoms with Crippen LogP contribution in [0.3, 0.4) is 0 Å². The molecular weight excluding hydrogens is 326 g/mol. The fourth-order valence-electron chi connectivity index (χ4n) is 3.18. The molecule has 0 radical (unpaired) electrons. The molecule has 1 amide bonds. The largest absolute Gasteiger partial charge is 0.505 e. The third-order valence-electron chi connectivity index (χ3n) is 4.45. The second kappa shape index (κ2) is 6.38. The second-order valence-electron chi connectivity index (χ2n) is 5.99. The molecule has 0 spiro atoms. The molecule has 0 saturated carbocycles. The Morgan fingerprint density at radius 2 is 1.50 bits per heavy atom. The van der Waals surface area contributed by atoms with E-state index in [0.717, 1.165) is 21.5 Å². The zero-order chi connectivity index (χ0) is 18.1. The van der Waals surface area contributed by atoms with Gasteiger partial charge in [-0.1, -0.05) is 60.7 Å². The van der Waals surface area contributed by atoms with Crippen LogP contribution in [0.5, 0.6) is 5.75 Å². The Morgan fingerprint density at radius 1 is 0.846 bits per heavy atom. The Kier molecular flexibility index (Phi) is 3.91. The number of carbonyl (C=O) groups excluding carboxylic acids is 1. The van der Waals surface area contributed by atoms with Crippen molar-refractivity contribution in [2.75, 3.05) is 10.7 Å². The monoisotopic (exact) mass is 343 g/mol. The molecule has 0 bridgehead atoms. The lowest BCUT2D eigenvalue weighted by atomic mass is 10.0. The van der Waals surface area contributed by atoms with Crippen LogP contribution in [0.25, 0.3) is 21.5 Å². The molecule has 0 atom stereocenters. The summed E-state index contributed by atoms with van der Waals surface area (Å²) in [7, 11) is 0. The molecule has 0 heterocycles. The van der Waals surface area contributed by atoms with E-state index in [1.54, 1.807) is 6.07 Å². The van der Waals surface area contributed by atoms with Gasteiger partial charge in [-0.2, -0.15) is 0 Å². The van der Waals surface area contributed by atoms with Gasteiger partial charge in [-0.05, 0) is 22.9 Å². The standard InChI is InChI=1S/C21H17N3O2/c22-24-19-16-10-4-2-7-14(16)12-17(20(19)25)21(26)23-18-11-5-8-13-6-1-3-9-15(13)18/h1-12,24-25H,22H2,(H,23,26). The summed E-state index contributed by atoms with van der Waals surface area (Å²) in [4.78, 5) is 12.9. The number of hydrazine groups is 1. The summed E-state index contributed by atoms with van der Waals surface area (Å²) in [5.41, 5.74) is 3.66. The van der Waals surface area contributed by atoms with Crippen LogP contribution in [-0.2, 0) is 0 Å². The maximum atomic E-state index is 12.9. The molecule has 0 aliphatic heterocycles. The van der Waals surface area contributed by atoms with Crippen molar-refractivity contribution in [3.8, 4) is 5.75 Å². The van der Waals surface area contributed by atoms with Gasteiger partial charge in [0.25, 0.3) is 5.91 Å². The van der Waals surface area contributed by atoms with Gasteiger partial charge < -0.3 is 15.8 Å². The number of nitrogens with two attached hydrogens (primary N) is 1. The predicted octanol–water partition coefficient (Wildman–Crippen LogP) is 4.24. The molecule has 0 unspecified atom stereocenters. The third kappa shape index (κ3) is 2.60. The minimum atomic E-state index is -0.402. The van der Waals surface area contributed by atoms with E-state index >= 15 is 0 Å². The highest BCUT2D eigenvalue weighted by Crippen LogP contribution is 2.36. The average Bonchev–Trinajstić information content (AvgIpc) is 2.68. The number of carbonyl (C=O) groups is 1. The minimum absolute atomic E-state index is 0.157. The van der Waals surface area contributed by atoms with Crippen molar-refractivity contribution in [1.29, 1.82) is 0 Å². The SMILES string of the molecule is NNc1c(O)c(C(=O)Nc2cccc3ccccc23)cc2ccccc12. The molecule has 5 nitrogen and oxygen atoms in total. The lowest BCUT2D eigenvalue weighted by Gasteiger charge is -2.14. The highest BCUT2D eigenvalue weighted by atomic mass is 16.3. The smallest absolute Gasteiger partial charge is 0.259 e. The van der Waals surface area contributed by atoms with Crippen LogP contribution in [0.4, 0.5) is 11.4 Å². The van der Waals surface area contributed by atoms with Crippen LogP contribution in [-0.4, -0.2) is 11.0 Å². The number of phenolic OH excluding ortho intramolecular Hbond substituents is 1. The van der Waals surface area contributed by atoms with Crippen LogP contribution in [0.15, 0.2) is 72.8 Å². The number of nitrogens with one attached hydrogen (secondary N) is 2. The number of amides is 1. The lowest BCUT2D eigenvalue weighted by Crippen LogP contribution is -2.14.